The summed E-state index contributed by atoms with van der Waals surface area (Å²) in [4.78, 5) is 22.5. The first-order valence-electron chi connectivity index (χ1n) is 5.16. The van der Waals surface area contributed by atoms with Gasteiger partial charge in [-0.25, -0.2) is 0 Å². The van der Waals surface area contributed by atoms with E-state index in [4.69, 9.17) is 4.74 Å². The van der Waals surface area contributed by atoms with Crippen LogP contribution in [0.4, 0.5) is 0 Å². The number of hydrogen-bond acceptors (Lipinski definition) is 3. The van der Waals surface area contributed by atoms with E-state index in [0.29, 0.717) is 18.9 Å². The molecule has 0 aromatic heterocycles. The largest absolute Gasteiger partial charge is 0.465 e. The van der Waals surface area contributed by atoms with Gasteiger partial charge in [-0.3, -0.25) is 9.59 Å². The molecule has 0 fully saturated rings. The molecule has 3 heteroatoms. The fraction of sp³-hybridized carbons (Fsp3) is 0.818. The van der Waals surface area contributed by atoms with Crippen molar-refractivity contribution >= 4 is 11.8 Å². The minimum Gasteiger partial charge on any atom is -0.465 e. The zero-order chi connectivity index (χ0) is 11.1. The summed E-state index contributed by atoms with van der Waals surface area (Å²) >= 11 is 0. The second-order valence-corrected chi connectivity index (χ2v) is 3.89. The van der Waals surface area contributed by atoms with Crippen molar-refractivity contribution in [3.8, 4) is 0 Å². The Kier molecular flexibility index (Phi) is 6.17. The molecule has 0 saturated heterocycles. The van der Waals surface area contributed by atoms with E-state index < -0.39 is 5.92 Å². The van der Waals surface area contributed by atoms with Crippen molar-refractivity contribution in [2.75, 3.05) is 6.61 Å². The zero-order valence-corrected chi connectivity index (χ0v) is 9.50. The van der Waals surface area contributed by atoms with Crippen LogP contribution in [0.1, 0.15) is 40.5 Å². The molecule has 82 valence electrons. The highest BCUT2D eigenvalue weighted by molar-refractivity contribution is 5.97. The lowest BCUT2D eigenvalue weighted by atomic mass is 9.95. The quantitative estimate of drug-likeness (QED) is 0.487. The van der Waals surface area contributed by atoms with Gasteiger partial charge in [-0.15, -0.1) is 0 Å². The van der Waals surface area contributed by atoms with E-state index in [9.17, 15) is 9.59 Å². The summed E-state index contributed by atoms with van der Waals surface area (Å²) in [5.74, 6) is -0.520. The Morgan fingerprint density at radius 2 is 1.79 bits per heavy atom. The molecule has 0 aromatic carbocycles. The van der Waals surface area contributed by atoms with Crippen molar-refractivity contribution in [1.29, 1.82) is 0 Å². The van der Waals surface area contributed by atoms with Gasteiger partial charge in [0.15, 0.2) is 0 Å². The van der Waals surface area contributed by atoms with Gasteiger partial charge < -0.3 is 4.74 Å². The van der Waals surface area contributed by atoms with Crippen molar-refractivity contribution in [2.45, 2.75) is 40.5 Å². The molecule has 0 aromatic rings. The van der Waals surface area contributed by atoms with Crippen LogP contribution in [0.3, 0.4) is 0 Å². The molecule has 0 unspecified atom stereocenters. The minimum absolute atomic E-state index is 0.0934. The first kappa shape index (κ1) is 13.1. The number of Topliss-reactive ketones (excluding diaryl/α,β-unsaturated/α-hetero) is 1. The zero-order valence-electron chi connectivity index (χ0n) is 9.50. The highest BCUT2D eigenvalue weighted by Crippen LogP contribution is 2.14. The number of esters is 1. The van der Waals surface area contributed by atoms with Crippen molar-refractivity contribution in [3.05, 3.63) is 0 Å². The molecule has 0 heterocycles. The first-order valence-corrected chi connectivity index (χ1v) is 5.16. The van der Waals surface area contributed by atoms with Crippen molar-refractivity contribution in [1.82, 2.24) is 0 Å². The van der Waals surface area contributed by atoms with Crippen molar-refractivity contribution in [3.63, 3.8) is 0 Å². The Balaban J connectivity index is 4.15. The summed E-state index contributed by atoms with van der Waals surface area (Å²) in [6, 6.07) is 0. The summed E-state index contributed by atoms with van der Waals surface area (Å²) in [7, 11) is 0. The van der Waals surface area contributed by atoms with Crippen LogP contribution in [0.25, 0.3) is 0 Å². The summed E-state index contributed by atoms with van der Waals surface area (Å²) in [6.45, 7) is 7.68. The molecule has 3 nitrogen and oxygen atoms in total. The average molecular weight is 200 g/mol. The number of ether oxygens (including phenoxy) is 1. The molecule has 0 aliphatic carbocycles. The minimum atomic E-state index is -0.558. The van der Waals surface area contributed by atoms with Crippen LogP contribution in [-0.2, 0) is 14.3 Å². The predicted octanol–water partition coefficient (Wildman–Crippen LogP) is 2.19. The number of ketones is 1. The Morgan fingerprint density at radius 3 is 2.14 bits per heavy atom. The Bertz CT molecular complexity index is 197. The van der Waals surface area contributed by atoms with Crippen molar-refractivity contribution < 1.29 is 14.3 Å². The van der Waals surface area contributed by atoms with Crippen LogP contribution < -0.4 is 0 Å². The van der Waals surface area contributed by atoms with Gasteiger partial charge in [-0.05, 0) is 32.6 Å². The van der Waals surface area contributed by atoms with E-state index in [0.717, 1.165) is 6.42 Å². The molecule has 0 radical (unpaired) electrons. The van der Waals surface area contributed by atoms with Gasteiger partial charge in [0.2, 0.25) is 0 Å². The molecule has 0 aliphatic heterocycles. The van der Waals surface area contributed by atoms with Gasteiger partial charge in [0.25, 0.3) is 0 Å². The molecule has 1 atom stereocenters. The summed E-state index contributed by atoms with van der Waals surface area (Å²) in [5, 5.41) is 0. The molecule has 0 aliphatic rings. The molecular weight excluding hydrogens is 180 g/mol. The molecule has 0 amide bonds. The standard InChI is InChI=1S/C11H20O3/c1-5-14-11(13)10(9(4)12)7-6-8(2)3/h8,10H,5-7H2,1-4H3/t10-/m0/s1. The maximum atomic E-state index is 11.4. The first-order chi connectivity index (χ1) is 6.49. The maximum Gasteiger partial charge on any atom is 0.316 e. The average Bonchev–Trinajstić information content (AvgIpc) is 2.03. The van der Waals surface area contributed by atoms with E-state index in [-0.39, 0.29) is 11.8 Å². The normalized spacial score (nSPS) is 12.6. The van der Waals surface area contributed by atoms with E-state index in [1.165, 1.54) is 6.92 Å². The molecule has 0 bridgehead atoms. The lowest BCUT2D eigenvalue weighted by Gasteiger charge is -2.13. The number of rotatable bonds is 6. The van der Waals surface area contributed by atoms with Gasteiger partial charge in [-0.1, -0.05) is 13.8 Å². The molecule has 0 saturated carbocycles. The topological polar surface area (TPSA) is 43.4 Å². The van der Waals surface area contributed by atoms with Crippen molar-refractivity contribution in [2.24, 2.45) is 11.8 Å². The summed E-state index contributed by atoms with van der Waals surface area (Å²) in [5.41, 5.74) is 0. The van der Waals surface area contributed by atoms with E-state index in [1.807, 2.05) is 0 Å². The highest BCUT2D eigenvalue weighted by atomic mass is 16.5. The number of carbonyl (C=O) groups excluding carboxylic acids is 2. The van der Waals surface area contributed by atoms with Gasteiger partial charge >= 0.3 is 5.97 Å². The fourth-order valence-corrected chi connectivity index (χ4v) is 1.23. The smallest absolute Gasteiger partial charge is 0.316 e. The SMILES string of the molecule is CCOC(=O)[C@@H](CCC(C)C)C(C)=O. The molecule has 0 spiro atoms. The molecular formula is C11H20O3. The van der Waals surface area contributed by atoms with Crippen LogP contribution in [0.15, 0.2) is 0 Å². The summed E-state index contributed by atoms with van der Waals surface area (Å²) < 4.78 is 4.84. The van der Waals surface area contributed by atoms with Crippen LogP contribution in [0, 0.1) is 11.8 Å². The van der Waals surface area contributed by atoms with Crippen LogP contribution >= 0.6 is 0 Å². The molecule has 0 rings (SSSR count). The Hall–Kier alpha value is -0.860. The van der Waals surface area contributed by atoms with E-state index in [1.54, 1.807) is 6.92 Å². The lowest BCUT2D eigenvalue weighted by Crippen LogP contribution is -2.24. The summed E-state index contributed by atoms with van der Waals surface area (Å²) in [6.07, 6.45) is 1.48. The second kappa shape index (κ2) is 6.57. The monoisotopic (exact) mass is 200 g/mol. The fourth-order valence-electron chi connectivity index (χ4n) is 1.23. The van der Waals surface area contributed by atoms with Crippen LogP contribution in [0.2, 0.25) is 0 Å². The van der Waals surface area contributed by atoms with Gasteiger partial charge in [0, 0.05) is 0 Å². The molecule has 0 N–H and O–H groups in total. The Labute approximate surface area is 85.8 Å². The Morgan fingerprint density at radius 1 is 1.21 bits per heavy atom. The lowest BCUT2D eigenvalue weighted by molar-refractivity contribution is -0.151. The van der Waals surface area contributed by atoms with Gasteiger partial charge in [0.1, 0.15) is 11.7 Å². The number of hydrogen-bond donors (Lipinski definition) is 0. The van der Waals surface area contributed by atoms with Crippen LogP contribution in [0.5, 0.6) is 0 Å². The third kappa shape index (κ3) is 5.00. The third-order valence-electron chi connectivity index (χ3n) is 2.09. The maximum absolute atomic E-state index is 11.4. The van der Waals surface area contributed by atoms with E-state index in [2.05, 4.69) is 13.8 Å². The highest BCUT2D eigenvalue weighted by Gasteiger charge is 2.24. The predicted molar refractivity (Wildman–Crippen MR) is 54.9 cm³/mol. The molecule has 14 heavy (non-hydrogen) atoms. The third-order valence-corrected chi connectivity index (χ3v) is 2.09. The van der Waals surface area contributed by atoms with Crippen LogP contribution in [-0.4, -0.2) is 18.4 Å². The van der Waals surface area contributed by atoms with Gasteiger partial charge in [0.05, 0.1) is 6.61 Å². The van der Waals surface area contributed by atoms with Gasteiger partial charge in [-0.2, -0.15) is 0 Å². The number of carbonyl (C=O) groups is 2. The second-order valence-electron chi connectivity index (χ2n) is 3.89. The van der Waals surface area contributed by atoms with E-state index >= 15 is 0 Å².